The van der Waals surface area contributed by atoms with Crippen LogP contribution in [0.2, 0.25) is 0 Å². The molecule has 2 aromatic rings. The minimum atomic E-state index is -5.60. The van der Waals surface area contributed by atoms with E-state index in [1.165, 1.54) is 6.92 Å². The van der Waals surface area contributed by atoms with E-state index in [9.17, 15) is 21.6 Å². The number of alkyl halides is 3. The summed E-state index contributed by atoms with van der Waals surface area (Å²) in [5.74, 6) is 0. The number of hydrogen-bond acceptors (Lipinski definition) is 3. The summed E-state index contributed by atoms with van der Waals surface area (Å²) in [7, 11) is -5.60. The molecule has 0 spiro atoms. The van der Waals surface area contributed by atoms with Crippen LogP contribution in [0.25, 0.3) is 10.8 Å². The van der Waals surface area contributed by atoms with Gasteiger partial charge in [-0.15, -0.1) is 0 Å². The Hall–Kier alpha value is -1.60. The van der Waals surface area contributed by atoms with E-state index >= 15 is 0 Å². The molecule has 0 aliphatic heterocycles. The Labute approximate surface area is 114 Å². The molecule has 0 saturated carbocycles. The van der Waals surface area contributed by atoms with Crippen LogP contribution in [0.5, 0.6) is 0 Å². The molecule has 0 amide bonds. The molecule has 0 aliphatic rings. The van der Waals surface area contributed by atoms with Crippen LogP contribution in [0.3, 0.4) is 0 Å². The summed E-state index contributed by atoms with van der Waals surface area (Å²) >= 11 is 0. The Morgan fingerprint density at radius 2 is 1.65 bits per heavy atom. The molecule has 0 N–H and O–H groups in total. The van der Waals surface area contributed by atoms with Crippen molar-refractivity contribution in [3.8, 4) is 0 Å². The van der Waals surface area contributed by atoms with E-state index in [0.717, 1.165) is 10.8 Å². The molecule has 0 heterocycles. The average Bonchev–Trinajstić information content (AvgIpc) is 2.36. The number of halogens is 3. The maximum Gasteiger partial charge on any atom is 0.523 e. The average molecular weight is 304 g/mol. The number of rotatable bonds is 3. The lowest BCUT2D eigenvalue weighted by molar-refractivity contribution is -0.0569. The molecule has 1 atom stereocenters. The van der Waals surface area contributed by atoms with E-state index in [-0.39, 0.29) is 0 Å². The van der Waals surface area contributed by atoms with Gasteiger partial charge in [0.15, 0.2) is 0 Å². The maximum absolute atomic E-state index is 12.2. The van der Waals surface area contributed by atoms with Gasteiger partial charge in [-0.2, -0.15) is 21.6 Å². The van der Waals surface area contributed by atoms with Gasteiger partial charge in [-0.3, -0.25) is 4.18 Å². The molecule has 20 heavy (non-hydrogen) atoms. The van der Waals surface area contributed by atoms with Crippen LogP contribution in [0.4, 0.5) is 13.2 Å². The highest BCUT2D eigenvalue weighted by Gasteiger charge is 2.48. The van der Waals surface area contributed by atoms with Crippen molar-refractivity contribution in [1.29, 1.82) is 0 Å². The van der Waals surface area contributed by atoms with Gasteiger partial charge >= 0.3 is 15.6 Å². The van der Waals surface area contributed by atoms with E-state index in [2.05, 4.69) is 4.18 Å². The van der Waals surface area contributed by atoms with Gasteiger partial charge in [0.1, 0.15) is 0 Å². The van der Waals surface area contributed by atoms with Crippen molar-refractivity contribution >= 4 is 20.9 Å². The van der Waals surface area contributed by atoms with Crippen LogP contribution in [-0.2, 0) is 14.3 Å². The van der Waals surface area contributed by atoms with Gasteiger partial charge in [0.2, 0.25) is 0 Å². The highest BCUT2D eigenvalue weighted by atomic mass is 32.2. The minimum Gasteiger partial charge on any atom is -0.255 e. The van der Waals surface area contributed by atoms with Gasteiger partial charge in [0, 0.05) is 0 Å². The van der Waals surface area contributed by atoms with Gasteiger partial charge < -0.3 is 0 Å². The highest BCUT2D eigenvalue weighted by molar-refractivity contribution is 7.87. The summed E-state index contributed by atoms with van der Waals surface area (Å²) in [5, 5.41) is 1.70. The molecule has 1 unspecified atom stereocenters. The molecule has 3 nitrogen and oxygen atoms in total. The predicted molar refractivity (Wildman–Crippen MR) is 68.4 cm³/mol. The van der Waals surface area contributed by atoms with Gasteiger partial charge in [0.05, 0.1) is 6.10 Å². The van der Waals surface area contributed by atoms with Crippen LogP contribution in [0, 0.1) is 0 Å². The first-order valence-electron chi connectivity index (χ1n) is 5.69. The van der Waals surface area contributed by atoms with Crippen molar-refractivity contribution in [1.82, 2.24) is 0 Å². The van der Waals surface area contributed by atoms with Crippen molar-refractivity contribution < 1.29 is 25.8 Å². The molecule has 0 saturated heterocycles. The zero-order valence-electron chi connectivity index (χ0n) is 10.4. The SMILES string of the molecule is CC(OS(=O)(=O)C(F)(F)F)c1ccc2ccccc2c1. The molecular formula is C13H11F3O3S. The fourth-order valence-electron chi connectivity index (χ4n) is 1.76. The van der Waals surface area contributed by atoms with Gasteiger partial charge in [-0.05, 0) is 29.3 Å². The zero-order chi connectivity index (χ0) is 15.0. The molecule has 0 fully saturated rings. The monoisotopic (exact) mass is 304 g/mol. The van der Waals surface area contributed by atoms with Crippen LogP contribution in [0.15, 0.2) is 42.5 Å². The second-order valence-electron chi connectivity index (χ2n) is 4.24. The summed E-state index contributed by atoms with van der Waals surface area (Å²) < 4.78 is 62.8. The van der Waals surface area contributed by atoms with E-state index in [0.29, 0.717) is 5.56 Å². The first-order valence-corrected chi connectivity index (χ1v) is 7.10. The third kappa shape index (κ3) is 2.94. The maximum atomic E-state index is 12.2. The number of benzene rings is 2. The molecule has 0 aliphatic carbocycles. The Kier molecular flexibility index (Phi) is 3.75. The van der Waals surface area contributed by atoms with Crippen molar-refractivity contribution in [3.05, 3.63) is 48.0 Å². The molecule has 2 aromatic carbocycles. The van der Waals surface area contributed by atoms with Crippen LogP contribution in [0.1, 0.15) is 18.6 Å². The van der Waals surface area contributed by atoms with Crippen LogP contribution in [-0.4, -0.2) is 13.9 Å². The van der Waals surface area contributed by atoms with Crippen LogP contribution < -0.4 is 0 Å². The first kappa shape index (κ1) is 14.8. The standard InChI is InChI=1S/C13H11F3O3S/c1-9(19-20(17,18)13(14,15)16)11-7-6-10-4-2-3-5-12(10)8-11/h2-9H,1H3. The van der Waals surface area contributed by atoms with Crippen molar-refractivity contribution in [3.63, 3.8) is 0 Å². The molecule has 0 aromatic heterocycles. The fourth-order valence-corrected chi connectivity index (χ4v) is 2.36. The molecule has 0 radical (unpaired) electrons. The summed E-state index contributed by atoms with van der Waals surface area (Å²) in [6, 6.07) is 12.1. The molecule has 108 valence electrons. The quantitative estimate of drug-likeness (QED) is 0.640. The number of hydrogen-bond donors (Lipinski definition) is 0. The third-order valence-electron chi connectivity index (χ3n) is 2.80. The Balaban J connectivity index is 2.30. The summed E-state index contributed by atoms with van der Waals surface area (Å²) in [6.45, 7) is 1.26. The lowest BCUT2D eigenvalue weighted by Gasteiger charge is -2.15. The first-order chi connectivity index (χ1) is 9.21. The second-order valence-corrected chi connectivity index (χ2v) is 5.81. The Bertz CT molecular complexity index is 723. The second kappa shape index (κ2) is 5.06. The van der Waals surface area contributed by atoms with Gasteiger partial charge in [-0.25, -0.2) is 0 Å². The van der Waals surface area contributed by atoms with E-state index in [1.807, 2.05) is 12.1 Å². The normalized spacial score (nSPS) is 14.4. The Morgan fingerprint density at radius 1 is 1.05 bits per heavy atom. The van der Waals surface area contributed by atoms with Gasteiger partial charge in [-0.1, -0.05) is 36.4 Å². The molecular weight excluding hydrogens is 293 g/mol. The molecule has 7 heteroatoms. The topological polar surface area (TPSA) is 43.4 Å². The van der Waals surface area contributed by atoms with Gasteiger partial charge in [0.25, 0.3) is 0 Å². The van der Waals surface area contributed by atoms with E-state index in [4.69, 9.17) is 0 Å². The van der Waals surface area contributed by atoms with Crippen LogP contribution >= 0.6 is 0 Å². The molecule has 0 bridgehead atoms. The van der Waals surface area contributed by atoms with Crippen molar-refractivity contribution in [2.45, 2.75) is 18.5 Å². The van der Waals surface area contributed by atoms with Crippen molar-refractivity contribution in [2.24, 2.45) is 0 Å². The van der Waals surface area contributed by atoms with E-state index in [1.54, 1.807) is 30.3 Å². The van der Waals surface area contributed by atoms with E-state index < -0.39 is 21.7 Å². The summed E-state index contributed by atoms with van der Waals surface area (Å²) in [6.07, 6.45) is -1.22. The Morgan fingerprint density at radius 3 is 2.25 bits per heavy atom. The lowest BCUT2D eigenvalue weighted by Crippen LogP contribution is -2.26. The number of fused-ring (bicyclic) bond motifs is 1. The lowest BCUT2D eigenvalue weighted by atomic mass is 10.0. The predicted octanol–water partition coefficient (Wildman–Crippen LogP) is 3.77. The third-order valence-corrected chi connectivity index (χ3v) is 3.91. The summed E-state index contributed by atoms with van der Waals surface area (Å²) in [4.78, 5) is 0. The summed E-state index contributed by atoms with van der Waals surface area (Å²) in [5.41, 5.74) is -5.06. The minimum absolute atomic E-state index is 0.358. The largest absolute Gasteiger partial charge is 0.523 e. The van der Waals surface area contributed by atoms with Crippen molar-refractivity contribution in [2.75, 3.05) is 0 Å². The smallest absolute Gasteiger partial charge is 0.255 e. The highest BCUT2D eigenvalue weighted by Crippen LogP contribution is 2.30. The molecule has 2 rings (SSSR count). The fraction of sp³-hybridized carbons (Fsp3) is 0.231. The zero-order valence-corrected chi connectivity index (χ0v) is 11.2.